The molecule has 7 heteroatoms. The number of nitrogens with zero attached hydrogens (tertiary/aromatic N) is 2. The first-order chi connectivity index (χ1) is 14.0. The number of hydrogen-bond donors (Lipinski definition) is 0. The largest absolute Gasteiger partial charge is 0.288 e. The molecule has 3 aromatic rings. The van der Waals surface area contributed by atoms with E-state index >= 15 is 0 Å². The van der Waals surface area contributed by atoms with Gasteiger partial charge in [0.15, 0.2) is 0 Å². The molecule has 0 heterocycles. The van der Waals surface area contributed by atoms with E-state index in [9.17, 15) is 20.2 Å². The Kier molecular flexibility index (Phi) is 6.45. The molecule has 0 N–H and O–H groups in total. The second-order valence-corrected chi connectivity index (χ2v) is 7.45. The van der Waals surface area contributed by atoms with Gasteiger partial charge >= 0.3 is 0 Å². The van der Waals surface area contributed by atoms with Crippen LogP contribution in [0.15, 0.2) is 88.2 Å². The summed E-state index contributed by atoms with van der Waals surface area (Å²) in [6.45, 7) is 0. The van der Waals surface area contributed by atoms with Gasteiger partial charge in [-0.3, -0.25) is 14.9 Å². The number of nitro groups is 1. The SMILES string of the molecule is N#C/C(=C/c1cc([N+](=O)[O-])ccc1Sc1ccc(Cl)cc1)C(=O)c1ccccc1. The molecule has 0 spiro atoms. The van der Waals surface area contributed by atoms with Crippen molar-refractivity contribution in [3.8, 4) is 6.07 Å². The minimum absolute atomic E-state index is 0.102. The van der Waals surface area contributed by atoms with Crippen LogP contribution in [0, 0.1) is 21.4 Å². The topological polar surface area (TPSA) is 84.0 Å². The Morgan fingerprint density at radius 3 is 2.38 bits per heavy atom. The van der Waals surface area contributed by atoms with Crippen LogP contribution in [-0.4, -0.2) is 10.7 Å². The number of halogens is 1. The molecule has 0 amide bonds. The van der Waals surface area contributed by atoms with E-state index in [1.165, 1.54) is 30.0 Å². The first kappa shape index (κ1) is 20.3. The summed E-state index contributed by atoms with van der Waals surface area (Å²) in [7, 11) is 0. The number of nitriles is 1. The zero-order chi connectivity index (χ0) is 20.8. The monoisotopic (exact) mass is 420 g/mol. The maximum Gasteiger partial charge on any atom is 0.270 e. The Labute approximate surface area is 176 Å². The number of non-ortho nitro benzene ring substituents is 1. The average Bonchev–Trinajstić information content (AvgIpc) is 2.74. The van der Waals surface area contributed by atoms with Gasteiger partial charge in [-0.15, -0.1) is 0 Å². The Bertz CT molecular complexity index is 1140. The Morgan fingerprint density at radius 1 is 1.07 bits per heavy atom. The van der Waals surface area contributed by atoms with E-state index in [1.807, 2.05) is 18.2 Å². The van der Waals surface area contributed by atoms with Gasteiger partial charge in [-0.1, -0.05) is 53.7 Å². The van der Waals surface area contributed by atoms with Crippen LogP contribution in [0.5, 0.6) is 0 Å². The fourth-order valence-electron chi connectivity index (χ4n) is 2.53. The van der Waals surface area contributed by atoms with Crippen molar-refractivity contribution in [1.82, 2.24) is 0 Å². The molecular formula is C22H13ClN2O3S. The number of rotatable bonds is 6. The smallest absolute Gasteiger partial charge is 0.270 e. The molecule has 0 unspecified atom stereocenters. The molecule has 0 aliphatic carbocycles. The molecule has 0 saturated heterocycles. The van der Waals surface area contributed by atoms with Gasteiger partial charge in [-0.05, 0) is 42.0 Å². The van der Waals surface area contributed by atoms with Crippen LogP contribution in [0.4, 0.5) is 5.69 Å². The Hall–Kier alpha value is -3.40. The fraction of sp³-hybridized carbons (Fsp3) is 0. The van der Waals surface area contributed by atoms with Gasteiger partial charge in [0.25, 0.3) is 5.69 Å². The highest BCUT2D eigenvalue weighted by molar-refractivity contribution is 7.99. The maximum absolute atomic E-state index is 12.7. The maximum atomic E-state index is 12.7. The van der Waals surface area contributed by atoms with E-state index in [0.717, 1.165) is 4.90 Å². The molecule has 0 fully saturated rings. The van der Waals surface area contributed by atoms with E-state index < -0.39 is 10.7 Å². The lowest BCUT2D eigenvalue weighted by Crippen LogP contribution is -2.02. The number of nitro benzene ring substituents is 1. The number of ketones is 1. The van der Waals surface area contributed by atoms with Crippen LogP contribution >= 0.6 is 23.4 Å². The van der Waals surface area contributed by atoms with Gasteiger partial charge in [-0.2, -0.15) is 5.26 Å². The number of carbonyl (C=O) groups is 1. The zero-order valence-electron chi connectivity index (χ0n) is 14.9. The number of benzene rings is 3. The van der Waals surface area contributed by atoms with Gasteiger partial charge < -0.3 is 0 Å². The Morgan fingerprint density at radius 2 is 1.76 bits per heavy atom. The lowest BCUT2D eigenvalue weighted by Gasteiger charge is -2.07. The predicted octanol–water partition coefficient (Wildman–Crippen LogP) is 6.19. The van der Waals surface area contributed by atoms with E-state index in [1.54, 1.807) is 48.5 Å². The van der Waals surface area contributed by atoms with Crippen molar-refractivity contribution in [2.75, 3.05) is 0 Å². The molecule has 0 aliphatic rings. The van der Waals surface area contributed by atoms with Crippen molar-refractivity contribution in [1.29, 1.82) is 5.26 Å². The van der Waals surface area contributed by atoms with Crippen LogP contribution in [0.25, 0.3) is 6.08 Å². The first-order valence-electron chi connectivity index (χ1n) is 8.41. The second-order valence-electron chi connectivity index (χ2n) is 5.90. The molecule has 0 aliphatic heterocycles. The quantitative estimate of drug-likeness (QED) is 0.156. The molecule has 5 nitrogen and oxygen atoms in total. The number of Topliss-reactive ketones (excluding diaryl/α,β-unsaturated/α-hetero) is 1. The van der Waals surface area contributed by atoms with Crippen LogP contribution in [0.1, 0.15) is 15.9 Å². The van der Waals surface area contributed by atoms with Gasteiger partial charge in [0.2, 0.25) is 5.78 Å². The van der Waals surface area contributed by atoms with Crippen LogP contribution < -0.4 is 0 Å². The molecule has 29 heavy (non-hydrogen) atoms. The molecule has 3 rings (SSSR count). The third-order valence-electron chi connectivity index (χ3n) is 3.95. The van der Waals surface area contributed by atoms with Gasteiger partial charge in [0.1, 0.15) is 11.6 Å². The average molecular weight is 421 g/mol. The second kappa shape index (κ2) is 9.20. The molecular weight excluding hydrogens is 408 g/mol. The third-order valence-corrected chi connectivity index (χ3v) is 5.30. The molecule has 142 valence electrons. The lowest BCUT2D eigenvalue weighted by atomic mass is 10.0. The normalized spacial score (nSPS) is 11.0. The summed E-state index contributed by atoms with van der Waals surface area (Å²) < 4.78 is 0. The van der Waals surface area contributed by atoms with E-state index in [-0.39, 0.29) is 11.3 Å². The van der Waals surface area contributed by atoms with Gasteiger partial charge in [0, 0.05) is 32.5 Å². The number of hydrogen-bond acceptors (Lipinski definition) is 5. The van der Waals surface area contributed by atoms with Crippen molar-refractivity contribution >= 4 is 40.9 Å². The van der Waals surface area contributed by atoms with Crippen molar-refractivity contribution in [2.24, 2.45) is 0 Å². The molecule has 0 bridgehead atoms. The van der Waals surface area contributed by atoms with E-state index in [2.05, 4.69) is 0 Å². The van der Waals surface area contributed by atoms with E-state index in [4.69, 9.17) is 11.6 Å². The summed E-state index contributed by atoms with van der Waals surface area (Å²) >= 11 is 7.27. The van der Waals surface area contributed by atoms with Crippen molar-refractivity contribution < 1.29 is 9.72 Å². The Balaban J connectivity index is 2.04. The highest BCUT2D eigenvalue weighted by Gasteiger charge is 2.16. The molecule has 0 saturated carbocycles. The highest BCUT2D eigenvalue weighted by Crippen LogP contribution is 2.34. The first-order valence-corrected chi connectivity index (χ1v) is 9.61. The van der Waals surface area contributed by atoms with Crippen LogP contribution in [-0.2, 0) is 0 Å². The standard InChI is InChI=1S/C22H13ClN2O3S/c23-18-6-9-20(10-7-18)29-21-11-8-19(25(27)28)13-16(21)12-17(14-24)22(26)15-4-2-1-3-5-15/h1-13H/b17-12-. The molecule has 0 aromatic heterocycles. The summed E-state index contributed by atoms with van der Waals surface area (Å²) in [5, 5.41) is 21.3. The summed E-state index contributed by atoms with van der Waals surface area (Å²) in [6.07, 6.45) is 1.39. The predicted molar refractivity (Wildman–Crippen MR) is 113 cm³/mol. The van der Waals surface area contributed by atoms with Crippen molar-refractivity contribution in [3.05, 3.63) is 105 Å². The summed E-state index contributed by atoms with van der Waals surface area (Å²) in [4.78, 5) is 24.9. The summed E-state index contributed by atoms with van der Waals surface area (Å²) in [5.41, 5.74) is 0.563. The lowest BCUT2D eigenvalue weighted by molar-refractivity contribution is -0.384. The van der Waals surface area contributed by atoms with Crippen molar-refractivity contribution in [3.63, 3.8) is 0 Å². The molecule has 0 radical (unpaired) electrons. The van der Waals surface area contributed by atoms with Gasteiger partial charge in [0.05, 0.1) is 4.92 Å². The van der Waals surface area contributed by atoms with E-state index in [0.29, 0.717) is 21.0 Å². The highest BCUT2D eigenvalue weighted by atomic mass is 35.5. The molecule has 3 aromatic carbocycles. The number of allylic oxidation sites excluding steroid dienone is 1. The van der Waals surface area contributed by atoms with Gasteiger partial charge in [-0.25, -0.2) is 0 Å². The van der Waals surface area contributed by atoms with Crippen molar-refractivity contribution in [2.45, 2.75) is 9.79 Å². The fourth-order valence-corrected chi connectivity index (χ4v) is 3.56. The van der Waals surface area contributed by atoms with Crippen LogP contribution in [0.3, 0.4) is 0 Å². The minimum Gasteiger partial charge on any atom is -0.288 e. The summed E-state index contributed by atoms with van der Waals surface area (Å²) in [6, 6.07) is 21.8. The number of carbonyl (C=O) groups excluding carboxylic acids is 1. The third kappa shape index (κ3) is 5.11. The molecule has 0 atom stereocenters. The van der Waals surface area contributed by atoms with Crippen LogP contribution in [0.2, 0.25) is 5.02 Å². The summed E-state index contributed by atoms with van der Waals surface area (Å²) in [5.74, 6) is -0.443. The minimum atomic E-state index is -0.515. The zero-order valence-corrected chi connectivity index (χ0v) is 16.5.